The van der Waals surface area contributed by atoms with E-state index in [-0.39, 0.29) is 0 Å². The summed E-state index contributed by atoms with van der Waals surface area (Å²) in [5.74, 6) is 0.797. The van der Waals surface area contributed by atoms with Crippen LogP contribution in [0.15, 0.2) is 24.3 Å². The van der Waals surface area contributed by atoms with E-state index in [0.29, 0.717) is 11.7 Å². The second-order valence-corrected chi connectivity index (χ2v) is 3.32. The Hall–Kier alpha value is -1.11. The van der Waals surface area contributed by atoms with Crippen molar-refractivity contribution in [3.63, 3.8) is 0 Å². The zero-order chi connectivity index (χ0) is 8.55. The summed E-state index contributed by atoms with van der Waals surface area (Å²) in [6.45, 7) is 2.14. The van der Waals surface area contributed by atoms with Crippen molar-refractivity contribution in [1.29, 1.82) is 0 Å². The minimum absolute atomic E-state index is 0.317. The number of ketones is 1. The molecule has 1 nitrogen and oxygen atoms in total. The average Bonchev–Trinajstić information content (AvgIpc) is 2.44. The number of rotatable bonds is 1. The lowest BCUT2D eigenvalue weighted by Crippen LogP contribution is -1.90. The molecule has 1 aromatic rings. The summed E-state index contributed by atoms with van der Waals surface area (Å²) < 4.78 is 0. The molecule has 0 fully saturated rings. The molecule has 0 bridgehead atoms. The molecule has 62 valence electrons. The summed E-state index contributed by atoms with van der Waals surface area (Å²) in [7, 11) is 0. The van der Waals surface area contributed by atoms with Crippen molar-refractivity contribution in [3.05, 3.63) is 35.4 Å². The van der Waals surface area contributed by atoms with Crippen molar-refractivity contribution in [2.24, 2.45) is 0 Å². The maximum atomic E-state index is 11.4. The molecule has 0 aromatic heterocycles. The summed E-state index contributed by atoms with van der Waals surface area (Å²) in [6.07, 6.45) is 1.79. The maximum Gasteiger partial charge on any atom is 0.163 e. The number of hydrogen-bond acceptors (Lipinski definition) is 1. The van der Waals surface area contributed by atoms with Crippen molar-refractivity contribution < 1.29 is 4.79 Å². The predicted molar refractivity (Wildman–Crippen MR) is 48.4 cm³/mol. The Bertz CT molecular complexity index is 315. The molecule has 0 radical (unpaired) electrons. The normalized spacial score (nSPS) is 21.1. The lowest BCUT2D eigenvalue weighted by Gasteiger charge is -2.04. The van der Waals surface area contributed by atoms with Crippen LogP contribution >= 0.6 is 0 Å². The number of hydrogen-bond donors (Lipinski definition) is 0. The summed E-state index contributed by atoms with van der Waals surface area (Å²) in [5.41, 5.74) is 2.20. The Kier molecular flexibility index (Phi) is 1.72. The van der Waals surface area contributed by atoms with Gasteiger partial charge in [-0.1, -0.05) is 31.2 Å². The molecular weight excluding hydrogens is 148 g/mol. The van der Waals surface area contributed by atoms with E-state index >= 15 is 0 Å². The van der Waals surface area contributed by atoms with E-state index < -0.39 is 0 Å². The van der Waals surface area contributed by atoms with Crippen LogP contribution < -0.4 is 0 Å². The van der Waals surface area contributed by atoms with Gasteiger partial charge in [-0.3, -0.25) is 4.79 Å². The van der Waals surface area contributed by atoms with Crippen LogP contribution in [0.2, 0.25) is 0 Å². The summed E-state index contributed by atoms with van der Waals surface area (Å²) in [4.78, 5) is 11.4. The predicted octanol–water partition coefficient (Wildman–Crippen LogP) is 2.77. The zero-order valence-corrected chi connectivity index (χ0v) is 7.21. The van der Waals surface area contributed by atoms with Crippen LogP contribution in [0.5, 0.6) is 0 Å². The van der Waals surface area contributed by atoms with Crippen LogP contribution in [-0.4, -0.2) is 5.78 Å². The van der Waals surface area contributed by atoms with Gasteiger partial charge in [0.05, 0.1) is 0 Å². The molecule has 0 spiro atoms. The molecule has 0 aliphatic heterocycles. The highest BCUT2D eigenvalue weighted by molar-refractivity contribution is 6.01. The number of carbonyl (C=O) groups is 1. The first-order valence-corrected chi connectivity index (χ1v) is 4.45. The molecule has 1 heteroatoms. The molecule has 1 atom stereocenters. The molecule has 0 amide bonds. The van der Waals surface area contributed by atoms with Gasteiger partial charge < -0.3 is 0 Å². The number of benzene rings is 1. The van der Waals surface area contributed by atoms with E-state index in [1.54, 1.807) is 0 Å². The van der Waals surface area contributed by atoms with Gasteiger partial charge in [-0.05, 0) is 17.9 Å². The molecule has 1 unspecified atom stereocenters. The minimum atomic E-state index is 0.317. The first-order valence-electron chi connectivity index (χ1n) is 4.45. The van der Waals surface area contributed by atoms with E-state index in [9.17, 15) is 4.79 Å². The van der Waals surface area contributed by atoms with Gasteiger partial charge in [0.15, 0.2) is 5.78 Å². The van der Waals surface area contributed by atoms with E-state index in [4.69, 9.17) is 0 Å². The van der Waals surface area contributed by atoms with Crippen LogP contribution in [0.1, 0.15) is 41.6 Å². The van der Waals surface area contributed by atoms with Crippen molar-refractivity contribution >= 4 is 5.78 Å². The van der Waals surface area contributed by atoms with Crippen LogP contribution in [0.4, 0.5) is 0 Å². The third-order valence-electron chi connectivity index (χ3n) is 2.63. The molecule has 0 heterocycles. The molecule has 12 heavy (non-hydrogen) atoms. The lowest BCUT2D eigenvalue weighted by molar-refractivity contribution is 0.0988. The van der Waals surface area contributed by atoms with Crippen LogP contribution in [0.3, 0.4) is 0 Å². The van der Waals surface area contributed by atoms with Crippen LogP contribution in [0, 0.1) is 0 Å². The number of Topliss-reactive ketones (excluding diaryl/α,β-unsaturated/α-hetero) is 1. The summed E-state index contributed by atoms with van der Waals surface area (Å²) in [6, 6.07) is 7.97. The molecule has 0 N–H and O–H groups in total. The summed E-state index contributed by atoms with van der Waals surface area (Å²) in [5, 5.41) is 0. The highest BCUT2D eigenvalue weighted by atomic mass is 16.1. The van der Waals surface area contributed by atoms with Gasteiger partial charge in [0.25, 0.3) is 0 Å². The van der Waals surface area contributed by atoms with Gasteiger partial charge in [-0.25, -0.2) is 0 Å². The van der Waals surface area contributed by atoms with E-state index in [2.05, 4.69) is 13.0 Å². The van der Waals surface area contributed by atoms with Gasteiger partial charge in [0.2, 0.25) is 0 Å². The topological polar surface area (TPSA) is 17.1 Å². The lowest BCUT2D eigenvalue weighted by atomic mass is 9.99. The third-order valence-corrected chi connectivity index (χ3v) is 2.63. The SMILES string of the molecule is CCC1CC(=O)c2ccccc21. The monoisotopic (exact) mass is 160 g/mol. The molecule has 1 aliphatic rings. The fraction of sp³-hybridized carbons (Fsp3) is 0.364. The smallest absolute Gasteiger partial charge is 0.163 e. The first kappa shape index (κ1) is 7.53. The number of fused-ring (bicyclic) bond motifs is 1. The average molecular weight is 160 g/mol. The Labute approximate surface area is 72.4 Å². The largest absolute Gasteiger partial charge is 0.294 e. The third kappa shape index (κ3) is 0.970. The highest BCUT2D eigenvalue weighted by Crippen LogP contribution is 2.34. The van der Waals surface area contributed by atoms with Gasteiger partial charge in [-0.2, -0.15) is 0 Å². The fourth-order valence-electron chi connectivity index (χ4n) is 1.91. The Morgan fingerprint density at radius 2 is 2.17 bits per heavy atom. The van der Waals surface area contributed by atoms with E-state index in [0.717, 1.165) is 18.4 Å². The summed E-state index contributed by atoms with van der Waals surface area (Å²) >= 11 is 0. The Morgan fingerprint density at radius 1 is 1.42 bits per heavy atom. The van der Waals surface area contributed by atoms with Crippen LogP contribution in [-0.2, 0) is 0 Å². The molecule has 0 saturated carbocycles. The van der Waals surface area contributed by atoms with Crippen molar-refractivity contribution in [1.82, 2.24) is 0 Å². The van der Waals surface area contributed by atoms with Gasteiger partial charge in [0, 0.05) is 12.0 Å². The van der Waals surface area contributed by atoms with Gasteiger partial charge in [-0.15, -0.1) is 0 Å². The Balaban J connectivity index is 2.50. The minimum Gasteiger partial charge on any atom is -0.294 e. The van der Waals surface area contributed by atoms with E-state index in [1.807, 2.05) is 18.2 Å². The molecule has 1 aliphatic carbocycles. The fourth-order valence-corrected chi connectivity index (χ4v) is 1.91. The quantitative estimate of drug-likeness (QED) is 0.617. The Morgan fingerprint density at radius 3 is 2.92 bits per heavy atom. The van der Waals surface area contributed by atoms with Gasteiger partial charge in [0.1, 0.15) is 0 Å². The number of carbonyl (C=O) groups excluding carboxylic acids is 1. The highest BCUT2D eigenvalue weighted by Gasteiger charge is 2.26. The van der Waals surface area contributed by atoms with Gasteiger partial charge >= 0.3 is 0 Å². The first-order chi connectivity index (χ1) is 5.83. The molecule has 2 rings (SSSR count). The molecule has 1 aromatic carbocycles. The molecule has 0 saturated heterocycles. The standard InChI is InChI=1S/C11H12O/c1-2-8-7-11(12)10-6-4-3-5-9(8)10/h3-6,8H,2,7H2,1H3. The zero-order valence-electron chi connectivity index (χ0n) is 7.21. The van der Waals surface area contributed by atoms with Crippen LogP contribution in [0.25, 0.3) is 0 Å². The second-order valence-electron chi connectivity index (χ2n) is 3.32. The molecular formula is C11H12O. The van der Waals surface area contributed by atoms with Crippen molar-refractivity contribution in [2.75, 3.05) is 0 Å². The van der Waals surface area contributed by atoms with Crippen molar-refractivity contribution in [2.45, 2.75) is 25.7 Å². The second kappa shape index (κ2) is 2.74. The van der Waals surface area contributed by atoms with E-state index in [1.165, 1.54) is 5.56 Å². The van der Waals surface area contributed by atoms with Crippen molar-refractivity contribution in [3.8, 4) is 0 Å². The maximum absolute atomic E-state index is 11.4.